The Morgan fingerprint density at radius 3 is 2.58 bits per heavy atom. The molecule has 0 saturated carbocycles. The Labute approximate surface area is 76.3 Å². The Morgan fingerprint density at radius 1 is 1.33 bits per heavy atom. The summed E-state index contributed by atoms with van der Waals surface area (Å²) in [7, 11) is 0. The summed E-state index contributed by atoms with van der Waals surface area (Å²) in [5.74, 6) is 0. The lowest BCUT2D eigenvalue weighted by Gasteiger charge is -2.14. The minimum absolute atomic E-state index is 0.278. The molecule has 2 heteroatoms. The van der Waals surface area contributed by atoms with Gasteiger partial charge in [0.15, 0.2) is 0 Å². The fourth-order valence-electron chi connectivity index (χ4n) is 0.938. The smallest absolute Gasteiger partial charge is 0.0805 e. The van der Waals surface area contributed by atoms with Crippen LogP contribution in [-0.2, 0) is 9.47 Å². The van der Waals surface area contributed by atoms with Crippen LogP contribution in [-0.4, -0.2) is 25.9 Å². The third-order valence-electron chi connectivity index (χ3n) is 1.70. The number of ether oxygens (including phenoxy) is 2. The van der Waals surface area contributed by atoms with E-state index < -0.39 is 0 Å². The summed E-state index contributed by atoms with van der Waals surface area (Å²) in [5.41, 5.74) is 0. The van der Waals surface area contributed by atoms with Crippen LogP contribution < -0.4 is 0 Å². The molecule has 0 saturated heterocycles. The molecule has 2 nitrogen and oxygen atoms in total. The first-order valence-electron chi connectivity index (χ1n) is 4.83. The van der Waals surface area contributed by atoms with Gasteiger partial charge in [-0.3, -0.25) is 0 Å². The number of rotatable bonds is 8. The van der Waals surface area contributed by atoms with Crippen molar-refractivity contribution in [3.05, 3.63) is 6.92 Å². The predicted molar refractivity (Wildman–Crippen MR) is 51.1 cm³/mol. The van der Waals surface area contributed by atoms with Gasteiger partial charge in [-0.05, 0) is 19.8 Å². The summed E-state index contributed by atoms with van der Waals surface area (Å²) >= 11 is 0. The highest BCUT2D eigenvalue weighted by molar-refractivity contribution is 4.52. The van der Waals surface area contributed by atoms with Gasteiger partial charge in [0.25, 0.3) is 0 Å². The molecule has 0 amide bonds. The van der Waals surface area contributed by atoms with Gasteiger partial charge >= 0.3 is 0 Å². The van der Waals surface area contributed by atoms with Crippen LogP contribution in [0.25, 0.3) is 0 Å². The molecule has 0 aromatic rings. The van der Waals surface area contributed by atoms with E-state index in [0.29, 0.717) is 0 Å². The van der Waals surface area contributed by atoms with Crippen molar-refractivity contribution < 1.29 is 9.47 Å². The van der Waals surface area contributed by atoms with Crippen molar-refractivity contribution in [2.75, 3.05) is 19.8 Å². The third-order valence-corrected chi connectivity index (χ3v) is 1.70. The van der Waals surface area contributed by atoms with Crippen LogP contribution in [0, 0.1) is 6.92 Å². The zero-order valence-corrected chi connectivity index (χ0v) is 8.34. The highest BCUT2D eigenvalue weighted by Gasteiger charge is 2.04. The maximum Gasteiger partial charge on any atom is 0.0805 e. The van der Waals surface area contributed by atoms with Crippen LogP contribution in [0.1, 0.15) is 33.1 Å². The van der Waals surface area contributed by atoms with Crippen molar-refractivity contribution in [2.45, 2.75) is 39.2 Å². The molecule has 0 bridgehead atoms. The molecular weight excluding hydrogens is 152 g/mol. The fourth-order valence-corrected chi connectivity index (χ4v) is 0.938. The van der Waals surface area contributed by atoms with Crippen molar-refractivity contribution in [1.82, 2.24) is 0 Å². The standard InChI is InChI=1S/C10H21O2/c1-4-7-8-11-9-10(5-2)12-6-3/h10H,1,4-9H2,2-3H3. The molecular formula is C10H21O2. The second-order valence-electron chi connectivity index (χ2n) is 2.77. The van der Waals surface area contributed by atoms with Gasteiger partial charge in [-0.2, -0.15) is 0 Å². The molecule has 0 spiro atoms. The Balaban J connectivity index is 3.19. The molecule has 0 heterocycles. The minimum Gasteiger partial charge on any atom is -0.379 e. The van der Waals surface area contributed by atoms with Gasteiger partial charge < -0.3 is 9.47 Å². The van der Waals surface area contributed by atoms with Crippen molar-refractivity contribution >= 4 is 0 Å². The maximum atomic E-state index is 5.43. The lowest BCUT2D eigenvalue weighted by Crippen LogP contribution is -2.19. The summed E-state index contributed by atoms with van der Waals surface area (Å²) in [6.07, 6.45) is 3.30. The Morgan fingerprint density at radius 2 is 2.08 bits per heavy atom. The van der Waals surface area contributed by atoms with Crippen LogP contribution >= 0.6 is 0 Å². The van der Waals surface area contributed by atoms with Crippen LogP contribution in [0.5, 0.6) is 0 Å². The maximum absolute atomic E-state index is 5.43. The Hall–Kier alpha value is -0.0800. The SMILES string of the molecule is [CH2]CCCOCC(CC)OCC. The van der Waals surface area contributed by atoms with Crippen molar-refractivity contribution in [3.63, 3.8) is 0 Å². The molecule has 0 aliphatic carbocycles. The monoisotopic (exact) mass is 173 g/mol. The average molecular weight is 173 g/mol. The van der Waals surface area contributed by atoms with Gasteiger partial charge in [-0.15, -0.1) is 0 Å². The highest BCUT2D eigenvalue weighted by Crippen LogP contribution is 1.99. The molecule has 0 aromatic heterocycles. The number of unbranched alkanes of at least 4 members (excludes halogenated alkanes) is 1. The quantitative estimate of drug-likeness (QED) is 0.525. The molecule has 0 rings (SSSR count). The third kappa shape index (κ3) is 6.62. The van der Waals surface area contributed by atoms with E-state index in [2.05, 4.69) is 13.8 Å². The second-order valence-corrected chi connectivity index (χ2v) is 2.77. The van der Waals surface area contributed by atoms with Gasteiger partial charge in [0.2, 0.25) is 0 Å². The molecule has 12 heavy (non-hydrogen) atoms. The Kier molecular flexibility index (Phi) is 8.95. The van der Waals surface area contributed by atoms with Gasteiger partial charge in [-0.25, -0.2) is 0 Å². The van der Waals surface area contributed by atoms with E-state index in [0.717, 1.165) is 39.1 Å². The van der Waals surface area contributed by atoms with Crippen LogP contribution in [0.4, 0.5) is 0 Å². The first-order valence-corrected chi connectivity index (χ1v) is 4.83. The molecule has 1 radical (unpaired) electrons. The van der Waals surface area contributed by atoms with Crippen molar-refractivity contribution in [1.29, 1.82) is 0 Å². The van der Waals surface area contributed by atoms with E-state index >= 15 is 0 Å². The van der Waals surface area contributed by atoms with Gasteiger partial charge in [-0.1, -0.05) is 20.3 Å². The summed E-state index contributed by atoms with van der Waals surface area (Å²) < 4.78 is 10.8. The summed E-state index contributed by atoms with van der Waals surface area (Å²) in [6, 6.07) is 0. The topological polar surface area (TPSA) is 18.5 Å². The molecule has 0 fully saturated rings. The second kappa shape index (κ2) is 9.01. The minimum atomic E-state index is 0.278. The predicted octanol–water partition coefficient (Wildman–Crippen LogP) is 2.43. The molecule has 1 atom stereocenters. The molecule has 73 valence electrons. The summed E-state index contributed by atoms with van der Waals surface area (Å²) in [4.78, 5) is 0. The summed E-state index contributed by atoms with van der Waals surface area (Å²) in [5, 5.41) is 0. The average Bonchev–Trinajstić information content (AvgIpc) is 2.10. The van der Waals surface area contributed by atoms with E-state index in [4.69, 9.17) is 9.47 Å². The zero-order valence-electron chi connectivity index (χ0n) is 8.34. The normalized spacial score (nSPS) is 13.2. The lowest BCUT2D eigenvalue weighted by atomic mass is 10.3. The van der Waals surface area contributed by atoms with Crippen molar-refractivity contribution in [2.24, 2.45) is 0 Å². The fraction of sp³-hybridized carbons (Fsp3) is 0.900. The molecule has 0 aliphatic heterocycles. The number of hydrogen-bond acceptors (Lipinski definition) is 2. The van der Waals surface area contributed by atoms with Gasteiger partial charge in [0.05, 0.1) is 12.7 Å². The lowest BCUT2D eigenvalue weighted by molar-refractivity contribution is -0.0134. The van der Waals surface area contributed by atoms with Crippen LogP contribution in [0.3, 0.4) is 0 Å². The van der Waals surface area contributed by atoms with E-state index in [9.17, 15) is 0 Å². The molecule has 1 unspecified atom stereocenters. The molecule has 0 aliphatic rings. The van der Waals surface area contributed by atoms with E-state index in [-0.39, 0.29) is 6.10 Å². The van der Waals surface area contributed by atoms with Crippen molar-refractivity contribution in [3.8, 4) is 0 Å². The first-order chi connectivity index (χ1) is 5.85. The van der Waals surface area contributed by atoms with E-state index in [1.54, 1.807) is 0 Å². The zero-order chi connectivity index (χ0) is 9.23. The number of hydrogen-bond donors (Lipinski definition) is 0. The van der Waals surface area contributed by atoms with Crippen LogP contribution in [0.2, 0.25) is 0 Å². The van der Waals surface area contributed by atoms with Gasteiger partial charge in [0.1, 0.15) is 0 Å². The summed E-state index contributed by atoms with van der Waals surface area (Å²) in [6.45, 7) is 10.2. The van der Waals surface area contributed by atoms with E-state index in [1.807, 2.05) is 6.92 Å². The Bertz CT molecular complexity index is 83.9. The van der Waals surface area contributed by atoms with Gasteiger partial charge in [0, 0.05) is 13.2 Å². The molecule has 0 N–H and O–H groups in total. The first kappa shape index (κ1) is 11.9. The van der Waals surface area contributed by atoms with Crippen LogP contribution in [0.15, 0.2) is 0 Å². The largest absolute Gasteiger partial charge is 0.379 e. The molecule has 0 aromatic carbocycles. The highest BCUT2D eigenvalue weighted by atomic mass is 16.5. The van der Waals surface area contributed by atoms with E-state index in [1.165, 1.54) is 0 Å².